The summed E-state index contributed by atoms with van der Waals surface area (Å²) in [5.41, 5.74) is 1.10. The topological polar surface area (TPSA) is 77.3 Å². The maximum atomic E-state index is 12.4. The van der Waals surface area contributed by atoms with Crippen molar-refractivity contribution >= 4 is 17.7 Å². The van der Waals surface area contributed by atoms with Crippen LogP contribution in [0.3, 0.4) is 0 Å². The van der Waals surface area contributed by atoms with Gasteiger partial charge in [-0.25, -0.2) is 4.79 Å². The van der Waals surface area contributed by atoms with Crippen molar-refractivity contribution in [3.8, 4) is 11.4 Å². The number of halogens is 4. The minimum Gasteiger partial charge on any atom is -0.450 e. The van der Waals surface area contributed by atoms with E-state index < -0.39 is 18.2 Å². The average Bonchev–Trinajstić information content (AvgIpc) is 3.08. The minimum absolute atomic E-state index is 0.162. The predicted molar refractivity (Wildman–Crippen MR) is 82.9 cm³/mol. The molecule has 0 atom stereocenters. The number of benzene rings is 1. The van der Waals surface area contributed by atoms with Crippen LogP contribution < -0.4 is 5.32 Å². The minimum atomic E-state index is -4.68. The molecule has 1 aromatic heterocycles. The SMILES string of the molecule is O=C(NCc1ccc(-c2noc(C(F)(F)F)n2)cc1)OCCCCCl. The lowest BCUT2D eigenvalue weighted by Gasteiger charge is -2.07. The van der Waals surface area contributed by atoms with Crippen LogP contribution in [0, 0.1) is 0 Å². The van der Waals surface area contributed by atoms with Gasteiger partial charge in [-0.3, -0.25) is 0 Å². The number of alkyl halides is 4. The zero-order chi connectivity index (χ0) is 18.3. The Hall–Kier alpha value is -2.29. The van der Waals surface area contributed by atoms with Gasteiger partial charge in [-0.1, -0.05) is 29.4 Å². The number of nitrogens with one attached hydrogen (secondary N) is 1. The van der Waals surface area contributed by atoms with Gasteiger partial charge in [0, 0.05) is 18.0 Å². The number of amides is 1. The first-order valence-electron chi connectivity index (χ1n) is 7.37. The quantitative estimate of drug-likeness (QED) is 0.583. The summed E-state index contributed by atoms with van der Waals surface area (Å²) < 4.78 is 46.4. The van der Waals surface area contributed by atoms with E-state index >= 15 is 0 Å². The van der Waals surface area contributed by atoms with Crippen molar-refractivity contribution in [3.63, 3.8) is 0 Å². The number of carbonyl (C=O) groups excluding carboxylic acids is 1. The fourth-order valence-electron chi connectivity index (χ4n) is 1.81. The van der Waals surface area contributed by atoms with Crippen LogP contribution in [-0.2, 0) is 17.5 Å². The van der Waals surface area contributed by atoms with E-state index in [2.05, 4.69) is 20.0 Å². The first kappa shape index (κ1) is 19.0. The summed E-state index contributed by atoms with van der Waals surface area (Å²) in [6.07, 6.45) is -3.77. The summed E-state index contributed by atoms with van der Waals surface area (Å²) >= 11 is 5.51. The molecule has 6 nitrogen and oxygen atoms in total. The number of hydrogen-bond donors (Lipinski definition) is 1. The Bertz CT molecular complexity index is 689. The molecule has 1 amide bonds. The largest absolute Gasteiger partial charge is 0.471 e. The summed E-state index contributed by atoms with van der Waals surface area (Å²) in [6.45, 7) is 0.505. The zero-order valence-electron chi connectivity index (χ0n) is 13.0. The number of ether oxygens (including phenoxy) is 1. The highest BCUT2D eigenvalue weighted by molar-refractivity contribution is 6.17. The Kier molecular flexibility index (Phi) is 6.63. The molecule has 0 bridgehead atoms. The molecule has 0 aliphatic rings. The molecule has 0 aliphatic carbocycles. The van der Waals surface area contributed by atoms with Crippen LogP contribution in [0.2, 0.25) is 0 Å². The van der Waals surface area contributed by atoms with Gasteiger partial charge in [0.1, 0.15) is 0 Å². The third kappa shape index (κ3) is 5.93. The average molecular weight is 378 g/mol. The molecule has 25 heavy (non-hydrogen) atoms. The van der Waals surface area contributed by atoms with E-state index in [-0.39, 0.29) is 19.0 Å². The molecule has 136 valence electrons. The standard InChI is InChI=1S/C15H15ClF3N3O3/c16-7-1-2-8-24-14(23)20-9-10-3-5-11(6-4-10)12-21-13(25-22-12)15(17,18)19/h3-6H,1-2,7-9H2,(H,20,23). The summed E-state index contributed by atoms with van der Waals surface area (Å²) in [4.78, 5) is 14.8. The Labute approximate surface area is 146 Å². The van der Waals surface area contributed by atoms with Crippen molar-refractivity contribution in [1.29, 1.82) is 0 Å². The lowest BCUT2D eigenvalue weighted by molar-refractivity contribution is -0.159. The number of hydrogen-bond acceptors (Lipinski definition) is 5. The summed E-state index contributed by atoms with van der Waals surface area (Å²) in [5, 5.41) is 5.87. The van der Waals surface area contributed by atoms with Gasteiger partial charge in [0.15, 0.2) is 0 Å². The van der Waals surface area contributed by atoms with Crippen molar-refractivity contribution in [2.24, 2.45) is 0 Å². The van der Waals surface area contributed by atoms with Crippen molar-refractivity contribution in [2.45, 2.75) is 25.6 Å². The zero-order valence-corrected chi connectivity index (χ0v) is 13.7. The number of carbonyl (C=O) groups is 1. The molecular weight excluding hydrogens is 363 g/mol. The van der Waals surface area contributed by atoms with Gasteiger partial charge in [-0.05, 0) is 18.4 Å². The normalized spacial score (nSPS) is 11.4. The smallest absolute Gasteiger partial charge is 0.450 e. The van der Waals surface area contributed by atoms with Crippen LogP contribution in [0.5, 0.6) is 0 Å². The molecule has 10 heteroatoms. The second kappa shape index (κ2) is 8.70. The van der Waals surface area contributed by atoms with Crippen LogP contribution in [0.25, 0.3) is 11.4 Å². The third-order valence-corrected chi connectivity index (χ3v) is 3.35. The molecule has 0 radical (unpaired) electrons. The second-order valence-electron chi connectivity index (χ2n) is 5.00. The summed E-state index contributed by atoms with van der Waals surface area (Å²) in [6, 6.07) is 6.33. The Morgan fingerprint density at radius 3 is 2.56 bits per heavy atom. The maximum Gasteiger partial charge on any atom is 0.471 e. The van der Waals surface area contributed by atoms with Gasteiger partial charge in [-0.15, -0.1) is 11.6 Å². The Morgan fingerprint density at radius 1 is 1.24 bits per heavy atom. The lowest BCUT2D eigenvalue weighted by atomic mass is 10.1. The first-order chi connectivity index (χ1) is 11.9. The molecule has 2 rings (SSSR count). The predicted octanol–water partition coefficient (Wildman–Crippen LogP) is 4.00. The van der Waals surface area contributed by atoms with Crippen molar-refractivity contribution in [3.05, 3.63) is 35.7 Å². The number of rotatable bonds is 7. The Balaban J connectivity index is 1.85. The molecule has 0 fully saturated rings. The van der Waals surface area contributed by atoms with Gasteiger partial charge < -0.3 is 14.6 Å². The molecule has 0 spiro atoms. The highest BCUT2D eigenvalue weighted by Gasteiger charge is 2.38. The van der Waals surface area contributed by atoms with Gasteiger partial charge in [0.05, 0.1) is 6.61 Å². The van der Waals surface area contributed by atoms with E-state index in [0.717, 1.165) is 12.0 Å². The fourth-order valence-corrected chi connectivity index (χ4v) is 2.00. The second-order valence-corrected chi connectivity index (χ2v) is 5.38. The monoisotopic (exact) mass is 377 g/mol. The highest BCUT2D eigenvalue weighted by atomic mass is 35.5. The highest BCUT2D eigenvalue weighted by Crippen LogP contribution is 2.29. The van der Waals surface area contributed by atoms with E-state index in [1.165, 1.54) is 12.1 Å². The van der Waals surface area contributed by atoms with Crippen molar-refractivity contribution in [1.82, 2.24) is 15.5 Å². The van der Waals surface area contributed by atoms with Gasteiger partial charge in [0.25, 0.3) is 0 Å². The molecule has 1 N–H and O–H groups in total. The number of alkyl carbamates (subject to hydrolysis) is 1. The molecule has 2 aromatic rings. The molecule has 0 aliphatic heterocycles. The maximum absolute atomic E-state index is 12.4. The van der Waals surface area contributed by atoms with Gasteiger partial charge in [0.2, 0.25) is 5.82 Å². The molecule has 1 aromatic carbocycles. The molecule has 1 heterocycles. The van der Waals surface area contributed by atoms with Gasteiger partial charge in [-0.2, -0.15) is 18.2 Å². The number of nitrogens with zero attached hydrogens (tertiary/aromatic N) is 2. The number of aromatic nitrogens is 2. The van der Waals surface area contributed by atoms with Crippen LogP contribution in [0.4, 0.5) is 18.0 Å². The Morgan fingerprint density at radius 2 is 1.96 bits per heavy atom. The van der Waals surface area contributed by atoms with E-state index in [1.807, 2.05) is 0 Å². The van der Waals surface area contributed by atoms with E-state index in [9.17, 15) is 18.0 Å². The van der Waals surface area contributed by atoms with Crippen molar-refractivity contribution in [2.75, 3.05) is 12.5 Å². The van der Waals surface area contributed by atoms with Crippen LogP contribution >= 0.6 is 11.6 Å². The fraction of sp³-hybridized carbons (Fsp3) is 0.400. The van der Waals surface area contributed by atoms with Gasteiger partial charge >= 0.3 is 18.2 Å². The number of unbranched alkanes of at least 4 members (excludes halogenated alkanes) is 1. The molecule has 0 unspecified atom stereocenters. The van der Waals surface area contributed by atoms with Crippen molar-refractivity contribution < 1.29 is 27.2 Å². The van der Waals surface area contributed by atoms with E-state index in [0.29, 0.717) is 17.9 Å². The van der Waals surface area contributed by atoms with Crippen LogP contribution in [0.1, 0.15) is 24.3 Å². The lowest BCUT2D eigenvalue weighted by Crippen LogP contribution is -2.24. The molecule has 0 saturated heterocycles. The summed E-state index contributed by atoms with van der Waals surface area (Å²) in [7, 11) is 0. The van der Waals surface area contributed by atoms with E-state index in [4.69, 9.17) is 16.3 Å². The van der Waals surface area contributed by atoms with Crippen LogP contribution in [-0.4, -0.2) is 28.7 Å². The first-order valence-corrected chi connectivity index (χ1v) is 7.90. The van der Waals surface area contributed by atoms with Crippen LogP contribution in [0.15, 0.2) is 28.8 Å². The molecular formula is C15H15ClF3N3O3. The third-order valence-electron chi connectivity index (χ3n) is 3.08. The summed E-state index contributed by atoms with van der Waals surface area (Å²) in [5.74, 6) is -1.04. The van der Waals surface area contributed by atoms with E-state index in [1.54, 1.807) is 12.1 Å². The molecule has 0 saturated carbocycles.